The van der Waals surface area contributed by atoms with E-state index in [0.29, 0.717) is 5.82 Å². The van der Waals surface area contributed by atoms with Crippen molar-refractivity contribution in [1.82, 2.24) is 15.0 Å². The third kappa shape index (κ3) is 3.12. The second kappa shape index (κ2) is 4.88. The first kappa shape index (κ1) is 12.4. The Labute approximate surface area is 95.6 Å². The van der Waals surface area contributed by atoms with E-state index in [1.54, 1.807) is 0 Å². The fourth-order valence-electron chi connectivity index (χ4n) is 1.55. The second-order valence-electron chi connectivity index (χ2n) is 4.49. The van der Waals surface area contributed by atoms with Crippen LogP contribution in [0.5, 0.6) is 0 Å². The number of thioether (sulfide) groups is 1. The van der Waals surface area contributed by atoms with Crippen molar-refractivity contribution in [2.24, 2.45) is 0 Å². The molecule has 1 aromatic heterocycles. The Morgan fingerprint density at radius 1 is 1.40 bits per heavy atom. The molecule has 1 heterocycles. The topological polar surface area (TPSA) is 56.7 Å². The summed E-state index contributed by atoms with van der Waals surface area (Å²) >= 11 is 1.90. The molecule has 5 heteroatoms. The van der Waals surface area contributed by atoms with E-state index < -0.39 is 0 Å². The Balaban J connectivity index is 2.80. The van der Waals surface area contributed by atoms with Crippen LogP contribution in [0.1, 0.15) is 33.4 Å². The van der Waals surface area contributed by atoms with Crippen LogP contribution in [0.15, 0.2) is 0 Å². The highest BCUT2D eigenvalue weighted by Gasteiger charge is 2.23. The molecule has 1 rings (SSSR count). The highest BCUT2D eigenvalue weighted by Crippen LogP contribution is 2.25. The molecule has 0 atom stereocenters. The molecule has 0 radical (unpaired) electrons. The van der Waals surface area contributed by atoms with Gasteiger partial charge in [-0.3, -0.25) is 0 Å². The highest BCUT2D eigenvalue weighted by atomic mass is 32.2. The standard InChI is InChI=1S/C10H20N4S/c1-5-15-7-6-14-8(10(2,3)4)9(11)12-13-14/h5-7,11H2,1-4H3. The zero-order valence-electron chi connectivity index (χ0n) is 9.95. The van der Waals surface area contributed by atoms with Crippen LogP contribution in [0.3, 0.4) is 0 Å². The maximum Gasteiger partial charge on any atom is 0.169 e. The first-order valence-corrected chi connectivity index (χ1v) is 6.39. The molecule has 0 amide bonds. The van der Waals surface area contributed by atoms with E-state index in [9.17, 15) is 0 Å². The quantitative estimate of drug-likeness (QED) is 0.800. The van der Waals surface area contributed by atoms with E-state index in [1.807, 2.05) is 16.4 Å². The van der Waals surface area contributed by atoms with Crippen molar-refractivity contribution in [2.45, 2.75) is 39.7 Å². The molecule has 0 aliphatic rings. The predicted octanol–water partition coefficient (Wildman–Crippen LogP) is 1.91. The summed E-state index contributed by atoms with van der Waals surface area (Å²) in [5.74, 6) is 2.75. The number of rotatable bonds is 4. The van der Waals surface area contributed by atoms with Crippen molar-refractivity contribution in [3.05, 3.63) is 5.69 Å². The molecular weight excluding hydrogens is 208 g/mol. The first-order chi connectivity index (χ1) is 6.96. The van der Waals surface area contributed by atoms with Gasteiger partial charge in [0.1, 0.15) is 0 Å². The summed E-state index contributed by atoms with van der Waals surface area (Å²) in [6, 6.07) is 0. The third-order valence-electron chi connectivity index (χ3n) is 2.12. The number of nitrogen functional groups attached to an aromatic ring is 1. The van der Waals surface area contributed by atoms with Crippen molar-refractivity contribution in [2.75, 3.05) is 17.2 Å². The number of aromatic nitrogens is 3. The fraction of sp³-hybridized carbons (Fsp3) is 0.800. The lowest BCUT2D eigenvalue weighted by molar-refractivity contribution is 0.496. The largest absolute Gasteiger partial charge is 0.381 e. The van der Waals surface area contributed by atoms with Gasteiger partial charge in [-0.1, -0.05) is 32.9 Å². The van der Waals surface area contributed by atoms with Gasteiger partial charge in [0.05, 0.1) is 12.2 Å². The molecular formula is C10H20N4S. The van der Waals surface area contributed by atoms with Crippen LogP contribution in [0.4, 0.5) is 5.82 Å². The highest BCUT2D eigenvalue weighted by molar-refractivity contribution is 7.99. The summed E-state index contributed by atoms with van der Waals surface area (Å²) in [5, 5.41) is 8.03. The Kier molecular flexibility index (Phi) is 4.02. The van der Waals surface area contributed by atoms with Crippen LogP contribution in [0, 0.1) is 0 Å². The normalized spacial score (nSPS) is 12.0. The summed E-state index contributed by atoms with van der Waals surface area (Å²) in [6.07, 6.45) is 0. The molecule has 86 valence electrons. The van der Waals surface area contributed by atoms with Crippen LogP contribution in [-0.2, 0) is 12.0 Å². The van der Waals surface area contributed by atoms with Crippen molar-refractivity contribution in [3.63, 3.8) is 0 Å². The lowest BCUT2D eigenvalue weighted by atomic mass is 9.92. The minimum absolute atomic E-state index is 0.00443. The number of nitrogens with two attached hydrogens (primary N) is 1. The fourth-order valence-corrected chi connectivity index (χ4v) is 2.14. The van der Waals surface area contributed by atoms with E-state index in [2.05, 4.69) is 38.0 Å². The molecule has 0 saturated heterocycles. The lowest BCUT2D eigenvalue weighted by Crippen LogP contribution is -2.20. The lowest BCUT2D eigenvalue weighted by Gasteiger charge is -2.19. The molecule has 15 heavy (non-hydrogen) atoms. The van der Waals surface area contributed by atoms with Crippen LogP contribution in [-0.4, -0.2) is 26.5 Å². The summed E-state index contributed by atoms with van der Waals surface area (Å²) in [6.45, 7) is 9.43. The van der Waals surface area contributed by atoms with E-state index >= 15 is 0 Å². The number of anilines is 1. The van der Waals surface area contributed by atoms with Crippen molar-refractivity contribution in [3.8, 4) is 0 Å². The SMILES string of the molecule is CCSCCn1nnc(N)c1C(C)(C)C. The Morgan fingerprint density at radius 3 is 2.60 bits per heavy atom. The zero-order chi connectivity index (χ0) is 11.5. The van der Waals surface area contributed by atoms with Gasteiger partial charge in [-0.25, -0.2) is 4.68 Å². The Morgan fingerprint density at radius 2 is 2.07 bits per heavy atom. The van der Waals surface area contributed by atoms with Gasteiger partial charge in [0, 0.05) is 11.2 Å². The molecule has 4 nitrogen and oxygen atoms in total. The van der Waals surface area contributed by atoms with Gasteiger partial charge in [-0.15, -0.1) is 5.10 Å². The average Bonchev–Trinajstić information content (AvgIpc) is 2.47. The molecule has 0 aromatic carbocycles. The molecule has 0 bridgehead atoms. The summed E-state index contributed by atoms with van der Waals surface area (Å²) in [4.78, 5) is 0. The summed E-state index contributed by atoms with van der Waals surface area (Å²) < 4.78 is 1.93. The van der Waals surface area contributed by atoms with Gasteiger partial charge in [-0.2, -0.15) is 11.8 Å². The maximum atomic E-state index is 5.83. The molecule has 0 fully saturated rings. The number of nitrogens with zero attached hydrogens (tertiary/aromatic N) is 3. The van der Waals surface area contributed by atoms with Crippen LogP contribution < -0.4 is 5.73 Å². The van der Waals surface area contributed by atoms with E-state index in [-0.39, 0.29) is 5.41 Å². The van der Waals surface area contributed by atoms with Gasteiger partial charge >= 0.3 is 0 Å². The van der Waals surface area contributed by atoms with Crippen LogP contribution >= 0.6 is 11.8 Å². The van der Waals surface area contributed by atoms with Gasteiger partial charge in [-0.05, 0) is 5.75 Å². The van der Waals surface area contributed by atoms with Gasteiger partial charge in [0.15, 0.2) is 5.82 Å². The molecule has 0 unspecified atom stereocenters. The molecule has 0 spiro atoms. The minimum atomic E-state index is 0.00443. The number of hydrogen-bond donors (Lipinski definition) is 1. The number of hydrogen-bond acceptors (Lipinski definition) is 4. The summed E-state index contributed by atoms with van der Waals surface area (Å²) in [5.41, 5.74) is 6.88. The molecule has 0 saturated carbocycles. The van der Waals surface area contributed by atoms with Gasteiger partial charge in [0.25, 0.3) is 0 Å². The maximum absolute atomic E-state index is 5.83. The van der Waals surface area contributed by atoms with Gasteiger partial charge < -0.3 is 5.73 Å². The van der Waals surface area contributed by atoms with Gasteiger partial charge in [0.2, 0.25) is 0 Å². The first-order valence-electron chi connectivity index (χ1n) is 5.24. The third-order valence-corrected chi connectivity index (χ3v) is 3.00. The van der Waals surface area contributed by atoms with E-state index in [4.69, 9.17) is 5.73 Å². The molecule has 0 aliphatic heterocycles. The second-order valence-corrected chi connectivity index (χ2v) is 5.89. The minimum Gasteiger partial charge on any atom is -0.381 e. The summed E-state index contributed by atoms with van der Waals surface area (Å²) in [7, 11) is 0. The molecule has 1 aromatic rings. The van der Waals surface area contributed by atoms with E-state index in [0.717, 1.165) is 23.7 Å². The zero-order valence-corrected chi connectivity index (χ0v) is 10.8. The smallest absolute Gasteiger partial charge is 0.169 e. The van der Waals surface area contributed by atoms with Crippen LogP contribution in [0.2, 0.25) is 0 Å². The monoisotopic (exact) mass is 228 g/mol. The molecule has 0 aliphatic carbocycles. The van der Waals surface area contributed by atoms with Crippen molar-refractivity contribution >= 4 is 17.6 Å². The Hall–Kier alpha value is -0.710. The van der Waals surface area contributed by atoms with Crippen molar-refractivity contribution in [1.29, 1.82) is 0 Å². The molecule has 2 N–H and O–H groups in total. The average molecular weight is 228 g/mol. The predicted molar refractivity (Wildman–Crippen MR) is 66.1 cm³/mol. The van der Waals surface area contributed by atoms with Crippen molar-refractivity contribution < 1.29 is 0 Å². The van der Waals surface area contributed by atoms with Crippen LogP contribution in [0.25, 0.3) is 0 Å². The Bertz CT molecular complexity index is 314. The number of aryl methyl sites for hydroxylation is 1. The van der Waals surface area contributed by atoms with E-state index in [1.165, 1.54) is 0 Å².